The Morgan fingerprint density at radius 2 is 2.29 bits per heavy atom. The zero-order chi connectivity index (χ0) is 12.3. The highest BCUT2D eigenvalue weighted by atomic mass is 79.9. The Labute approximate surface area is 112 Å². The van der Waals surface area contributed by atoms with Gasteiger partial charge in [0.1, 0.15) is 5.75 Å². The smallest absolute Gasteiger partial charge is 0.125 e. The summed E-state index contributed by atoms with van der Waals surface area (Å²) in [5.74, 6) is 1.67. The van der Waals surface area contributed by atoms with Crippen molar-refractivity contribution in [3.05, 3.63) is 27.7 Å². The van der Waals surface area contributed by atoms with E-state index in [1.807, 2.05) is 0 Å². The molecule has 1 fully saturated rings. The van der Waals surface area contributed by atoms with E-state index in [4.69, 9.17) is 4.74 Å². The fraction of sp³-hybridized carbons (Fsp3) is 0.571. The van der Waals surface area contributed by atoms with Crippen LogP contribution in [0.3, 0.4) is 0 Å². The zero-order valence-corrected chi connectivity index (χ0v) is 12.1. The molecule has 2 rings (SSSR count). The second-order valence-corrected chi connectivity index (χ2v) is 5.50. The summed E-state index contributed by atoms with van der Waals surface area (Å²) in [6.07, 6.45) is 3.51. The lowest BCUT2D eigenvalue weighted by molar-refractivity contribution is 0.388. The zero-order valence-electron chi connectivity index (χ0n) is 10.6. The third-order valence-electron chi connectivity index (χ3n) is 3.48. The van der Waals surface area contributed by atoms with E-state index in [-0.39, 0.29) is 0 Å². The van der Waals surface area contributed by atoms with Crippen LogP contribution >= 0.6 is 15.9 Å². The first-order chi connectivity index (χ1) is 8.26. The minimum absolute atomic E-state index is 0.585. The van der Waals surface area contributed by atoms with Crippen molar-refractivity contribution in [3.63, 3.8) is 0 Å². The van der Waals surface area contributed by atoms with E-state index in [0.29, 0.717) is 5.92 Å². The standard InChI is InChI=1S/C14H20BrNO/c1-3-10-7-12(15)8-13(14(10)17-2)11-5-4-6-16-9-11/h7-8,11,16H,3-6,9H2,1-2H3. The Morgan fingerprint density at radius 3 is 2.88 bits per heavy atom. The number of methoxy groups -OCH3 is 1. The summed E-state index contributed by atoms with van der Waals surface area (Å²) in [5.41, 5.74) is 2.65. The number of piperidine rings is 1. The second-order valence-electron chi connectivity index (χ2n) is 4.58. The number of hydrogen-bond donors (Lipinski definition) is 1. The first-order valence-electron chi connectivity index (χ1n) is 6.33. The van der Waals surface area contributed by atoms with E-state index in [1.54, 1.807) is 7.11 Å². The number of ether oxygens (including phenoxy) is 1. The molecule has 2 nitrogen and oxygen atoms in total. The molecule has 1 N–H and O–H groups in total. The van der Waals surface area contributed by atoms with Gasteiger partial charge in [0.2, 0.25) is 0 Å². The maximum atomic E-state index is 5.63. The van der Waals surface area contributed by atoms with Crippen molar-refractivity contribution < 1.29 is 4.74 Å². The summed E-state index contributed by atoms with van der Waals surface area (Å²) in [7, 11) is 1.78. The summed E-state index contributed by atoms with van der Waals surface area (Å²) < 4.78 is 6.79. The van der Waals surface area contributed by atoms with Crippen LogP contribution in [0.5, 0.6) is 5.75 Å². The van der Waals surface area contributed by atoms with Crippen molar-refractivity contribution >= 4 is 15.9 Å². The topological polar surface area (TPSA) is 21.3 Å². The molecule has 3 heteroatoms. The van der Waals surface area contributed by atoms with Crippen LogP contribution in [0, 0.1) is 0 Å². The summed E-state index contributed by atoms with van der Waals surface area (Å²) in [4.78, 5) is 0. The number of aryl methyl sites for hydroxylation is 1. The maximum Gasteiger partial charge on any atom is 0.125 e. The van der Waals surface area contributed by atoms with Crippen LogP contribution in [0.15, 0.2) is 16.6 Å². The predicted molar refractivity (Wildman–Crippen MR) is 74.9 cm³/mol. The molecule has 0 spiro atoms. The fourth-order valence-corrected chi connectivity index (χ4v) is 3.13. The quantitative estimate of drug-likeness (QED) is 0.922. The molecule has 0 aromatic heterocycles. The van der Waals surface area contributed by atoms with Crippen molar-refractivity contribution in [2.75, 3.05) is 20.2 Å². The van der Waals surface area contributed by atoms with Gasteiger partial charge >= 0.3 is 0 Å². The minimum Gasteiger partial charge on any atom is -0.496 e. The van der Waals surface area contributed by atoms with E-state index in [2.05, 4.69) is 40.3 Å². The van der Waals surface area contributed by atoms with Crippen molar-refractivity contribution in [3.8, 4) is 5.75 Å². The molecule has 0 bridgehead atoms. The Morgan fingerprint density at radius 1 is 1.47 bits per heavy atom. The normalized spacial score (nSPS) is 20.3. The molecule has 1 unspecified atom stereocenters. The van der Waals surface area contributed by atoms with Crippen LogP contribution in [0.2, 0.25) is 0 Å². The Bertz CT molecular complexity index is 386. The molecule has 1 heterocycles. The average molecular weight is 298 g/mol. The summed E-state index contributed by atoms with van der Waals surface area (Å²) in [6, 6.07) is 4.38. The van der Waals surface area contributed by atoms with Crippen LogP contribution in [0.1, 0.15) is 36.8 Å². The molecule has 0 aliphatic carbocycles. The van der Waals surface area contributed by atoms with Crippen LogP contribution < -0.4 is 10.1 Å². The average Bonchev–Trinajstić information content (AvgIpc) is 2.38. The van der Waals surface area contributed by atoms with Gasteiger partial charge in [-0.05, 0) is 49.1 Å². The van der Waals surface area contributed by atoms with Gasteiger partial charge in [0.15, 0.2) is 0 Å². The van der Waals surface area contributed by atoms with Crippen LogP contribution in [-0.4, -0.2) is 20.2 Å². The summed E-state index contributed by atoms with van der Waals surface area (Å²) in [6.45, 7) is 4.39. The molecule has 1 aromatic rings. The SMILES string of the molecule is CCc1cc(Br)cc(C2CCCNC2)c1OC. The van der Waals surface area contributed by atoms with Gasteiger partial charge in [0.05, 0.1) is 7.11 Å². The monoisotopic (exact) mass is 297 g/mol. The highest BCUT2D eigenvalue weighted by molar-refractivity contribution is 9.10. The molecule has 1 aliphatic rings. The lowest BCUT2D eigenvalue weighted by Gasteiger charge is -2.26. The molecule has 94 valence electrons. The van der Waals surface area contributed by atoms with E-state index in [1.165, 1.54) is 24.0 Å². The van der Waals surface area contributed by atoms with Gasteiger partial charge in [-0.1, -0.05) is 22.9 Å². The molecule has 0 radical (unpaired) electrons. The van der Waals surface area contributed by atoms with E-state index in [9.17, 15) is 0 Å². The number of halogens is 1. The van der Waals surface area contributed by atoms with E-state index < -0.39 is 0 Å². The minimum atomic E-state index is 0.585. The molecule has 1 saturated heterocycles. The molecule has 0 saturated carbocycles. The second kappa shape index (κ2) is 5.87. The Balaban J connectivity index is 2.39. The molecule has 1 aliphatic heterocycles. The molecule has 1 atom stereocenters. The molecular weight excluding hydrogens is 278 g/mol. The van der Waals surface area contributed by atoms with Gasteiger partial charge in [-0.2, -0.15) is 0 Å². The van der Waals surface area contributed by atoms with Gasteiger partial charge in [-0.3, -0.25) is 0 Å². The summed E-state index contributed by atoms with van der Waals surface area (Å²) in [5, 5.41) is 3.47. The van der Waals surface area contributed by atoms with Gasteiger partial charge in [0.25, 0.3) is 0 Å². The highest BCUT2D eigenvalue weighted by Crippen LogP contribution is 2.36. The lowest BCUT2D eigenvalue weighted by atomic mass is 9.89. The lowest BCUT2D eigenvalue weighted by Crippen LogP contribution is -2.28. The predicted octanol–water partition coefficient (Wildman–Crippen LogP) is 3.49. The van der Waals surface area contributed by atoms with Crippen LogP contribution in [0.4, 0.5) is 0 Å². The van der Waals surface area contributed by atoms with E-state index in [0.717, 1.165) is 29.7 Å². The summed E-state index contributed by atoms with van der Waals surface area (Å²) >= 11 is 3.61. The highest BCUT2D eigenvalue weighted by Gasteiger charge is 2.21. The maximum absolute atomic E-state index is 5.63. The van der Waals surface area contributed by atoms with Gasteiger partial charge in [-0.15, -0.1) is 0 Å². The van der Waals surface area contributed by atoms with Crippen LogP contribution in [-0.2, 0) is 6.42 Å². The molecule has 1 aromatic carbocycles. The van der Waals surface area contributed by atoms with Crippen molar-refractivity contribution in [2.24, 2.45) is 0 Å². The third kappa shape index (κ3) is 2.83. The largest absolute Gasteiger partial charge is 0.496 e. The number of benzene rings is 1. The van der Waals surface area contributed by atoms with Gasteiger partial charge in [0, 0.05) is 16.9 Å². The fourth-order valence-electron chi connectivity index (χ4n) is 2.61. The number of nitrogens with one attached hydrogen (secondary N) is 1. The molecule has 0 amide bonds. The third-order valence-corrected chi connectivity index (χ3v) is 3.94. The Kier molecular flexibility index (Phi) is 4.46. The molecule has 17 heavy (non-hydrogen) atoms. The van der Waals surface area contributed by atoms with Crippen LogP contribution in [0.25, 0.3) is 0 Å². The van der Waals surface area contributed by atoms with Gasteiger partial charge in [-0.25, -0.2) is 0 Å². The number of rotatable bonds is 3. The Hall–Kier alpha value is -0.540. The first-order valence-corrected chi connectivity index (χ1v) is 7.12. The van der Waals surface area contributed by atoms with Gasteiger partial charge < -0.3 is 10.1 Å². The number of hydrogen-bond acceptors (Lipinski definition) is 2. The van der Waals surface area contributed by atoms with Crippen molar-refractivity contribution in [2.45, 2.75) is 32.1 Å². The molecular formula is C14H20BrNO. The van der Waals surface area contributed by atoms with Crippen molar-refractivity contribution in [1.82, 2.24) is 5.32 Å². The van der Waals surface area contributed by atoms with Crippen molar-refractivity contribution in [1.29, 1.82) is 0 Å². The van der Waals surface area contributed by atoms with E-state index >= 15 is 0 Å². The first kappa shape index (κ1) is 12.9.